The van der Waals surface area contributed by atoms with Crippen molar-refractivity contribution in [3.8, 4) is 0 Å². The predicted octanol–water partition coefficient (Wildman–Crippen LogP) is 4.64. The summed E-state index contributed by atoms with van der Waals surface area (Å²) in [5.41, 5.74) is 3.04. The minimum absolute atomic E-state index is 0.0519. The van der Waals surface area contributed by atoms with Crippen molar-refractivity contribution in [3.05, 3.63) is 51.5 Å². The Morgan fingerprint density at radius 1 is 1.00 bits per heavy atom. The van der Waals surface area contributed by atoms with Crippen LogP contribution in [0.1, 0.15) is 20.3 Å². The Morgan fingerprint density at radius 2 is 1.50 bits per heavy atom. The quantitative estimate of drug-likeness (QED) is 0.568. The number of carbonyl (C=O) groups excluding carboxylic acids is 2. The zero-order chi connectivity index (χ0) is 17.2. The molecule has 1 aromatic rings. The van der Waals surface area contributed by atoms with Crippen molar-refractivity contribution in [3.63, 3.8) is 0 Å². The number of rotatable bonds is 2. The molecule has 124 valence electrons. The van der Waals surface area contributed by atoms with Crippen molar-refractivity contribution >= 4 is 40.7 Å². The molecule has 1 aliphatic heterocycles. The molecule has 0 aromatic heterocycles. The number of amides is 2. The van der Waals surface area contributed by atoms with E-state index in [0.717, 1.165) is 6.42 Å². The van der Waals surface area contributed by atoms with Crippen LogP contribution in [0.4, 0.5) is 5.69 Å². The molecule has 1 heterocycles. The zero-order valence-electron chi connectivity index (χ0n) is 13.4. The lowest BCUT2D eigenvalue weighted by Crippen LogP contribution is -2.33. The normalized spacial score (nSPS) is 30.5. The molecule has 2 amide bonds. The van der Waals surface area contributed by atoms with E-state index < -0.39 is 0 Å². The molecule has 1 saturated carbocycles. The first-order valence-electron chi connectivity index (χ1n) is 8.15. The summed E-state index contributed by atoms with van der Waals surface area (Å²) in [5, 5.41) is 0.831. The van der Waals surface area contributed by atoms with Gasteiger partial charge in [0.25, 0.3) is 0 Å². The van der Waals surface area contributed by atoms with Crippen LogP contribution in [-0.2, 0) is 9.59 Å². The number of hydrogen-bond acceptors (Lipinski definition) is 2. The molecular weight excluding hydrogens is 345 g/mol. The third-order valence-electron chi connectivity index (χ3n) is 5.54. The number of hydrogen-bond donors (Lipinski definition) is 0. The Balaban J connectivity index is 1.77. The molecule has 1 saturated heterocycles. The molecule has 0 radical (unpaired) electrons. The van der Waals surface area contributed by atoms with Crippen molar-refractivity contribution in [2.75, 3.05) is 4.90 Å². The minimum atomic E-state index is -0.290. The molecule has 2 fully saturated rings. The topological polar surface area (TPSA) is 37.4 Å². The zero-order valence-corrected chi connectivity index (χ0v) is 14.9. The first-order valence-corrected chi connectivity index (χ1v) is 8.91. The third kappa shape index (κ3) is 2.04. The summed E-state index contributed by atoms with van der Waals surface area (Å²) >= 11 is 12.1. The summed E-state index contributed by atoms with van der Waals surface area (Å²) < 4.78 is 0. The summed E-state index contributed by atoms with van der Waals surface area (Å²) in [6.45, 7) is 4.21. The van der Waals surface area contributed by atoms with Gasteiger partial charge >= 0.3 is 0 Å². The fourth-order valence-electron chi connectivity index (χ4n) is 4.46. The molecule has 0 spiro atoms. The number of carbonyl (C=O) groups is 2. The van der Waals surface area contributed by atoms with Crippen LogP contribution in [0, 0.1) is 23.7 Å². The van der Waals surface area contributed by atoms with Crippen LogP contribution in [0.2, 0.25) is 10.0 Å². The summed E-state index contributed by atoms with van der Waals surface area (Å²) in [4.78, 5) is 27.3. The molecular formula is C19H17Cl2NO2. The average Bonchev–Trinajstić information content (AvgIpc) is 3.15. The number of imide groups is 1. The largest absolute Gasteiger partial charge is 0.274 e. The van der Waals surface area contributed by atoms with E-state index in [-0.39, 0.29) is 35.5 Å². The highest BCUT2D eigenvalue weighted by Crippen LogP contribution is 2.57. The Bertz CT molecular complexity index is 772. The number of fused-ring (bicyclic) bond motifs is 5. The molecule has 3 nitrogen and oxygen atoms in total. The van der Waals surface area contributed by atoms with Crippen LogP contribution < -0.4 is 4.90 Å². The van der Waals surface area contributed by atoms with E-state index in [2.05, 4.69) is 26.0 Å². The van der Waals surface area contributed by atoms with E-state index in [9.17, 15) is 9.59 Å². The van der Waals surface area contributed by atoms with Crippen molar-refractivity contribution in [1.82, 2.24) is 0 Å². The second-order valence-corrected chi connectivity index (χ2v) is 7.59. The summed E-state index contributed by atoms with van der Waals surface area (Å²) in [6.07, 6.45) is 5.14. The number of nitrogens with zero attached hydrogens (tertiary/aromatic N) is 1. The lowest BCUT2D eigenvalue weighted by atomic mass is 9.85. The van der Waals surface area contributed by atoms with Crippen LogP contribution >= 0.6 is 23.2 Å². The molecule has 0 unspecified atom stereocenters. The summed E-state index contributed by atoms with van der Waals surface area (Å²) in [5.74, 6) is -0.751. The van der Waals surface area contributed by atoms with Gasteiger partial charge in [-0.1, -0.05) is 53.4 Å². The molecule has 3 aliphatic rings. The van der Waals surface area contributed by atoms with Crippen LogP contribution in [0.15, 0.2) is 41.5 Å². The number of benzene rings is 1. The van der Waals surface area contributed by atoms with Gasteiger partial charge in [-0.25, -0.2) is 4.90 Å². The van der Waals surface area contributed by atoms with Gasteiger partial charge in [0.15, 0.2) is 0 Å². The number of halogens is 2. The fraction of sp³-hybridized carbons (Fsp3) is 0.368. The highest BCUT2D eigenvalue weighted by atomic mass is 35.5. The minimum Gasteiger partial charge on any atom is -0.274 e. The van der Waals surface area contributed by atoms with E-state index in [1.54, 1.807) is 18.2 Å². The van der Waals surface area contributed by atoms with Crippen LogP contribution in [-0.4, -0.2) is 11.8 Å². The van der Waals surface area contributed by atoms with E-state index in [1.807, 2.05) is 0 Å². The highest BCUT2D eigenvalue weighted by molar-refractivity contribution is 6.35. The summed E-state index contributed by atoms with van der Waals surface area (Å²) in [7, 11) is 0. The molecule has 2 bridgehead atoms. The maximum atomic E-state index is 13.0. The van der Waals surface area contributed by atoms with Gasteiger partial charge in [0, 0.05) is 21.9 Å². The maximum Gasteiger partial charge on any atom is 0.238 e. The van der Waals surface area contributed by atoms with Crippen LogP contribution in [0.3, 0.4) is 0 Å². The van der Waals surface area contributed by atoms with Gasteiger partial charge in [-0.3, -0.25) is 9.59 Å². The second-order valence-electron chi connectivity index (χ2n) is 6.72. The van der Waals surface area contributed by atoms with Crippen molar-refractivity contribution in [2.24, 2.45) is 23.7 Å². The smallest absolute Gasteiger partial charge is 0.238 e. The fourth-order valence-corrected chi connectivity index (χ4v) is 4.97. The van der Waals surface area contributed by atoms with Gasteiger partial charge < -0.3 is 0 Å². The molecule has 4 rings (SSSR count). The predicted molar refractivity (Wildman–Crippen MR) is 95.0 cm³/mol. The second kappa shape index (κ2) is 5.47. The monoisotopic (exact) mass is 361 g/mol. The molecule has 0 N–H and O–H groups in total. The molecule has 2 aliphatic carbocycles. The van der Waals surface area contributed by atoms with Gasteiger partial charge in [0.2, 0.25) is 11.8 Å². The molecule has 24 heavy (non-hydrogen) atoms. The van der Waals surface area contributed by atoms with E-state index in [4.69, 9.17) is 23.2 Å². The molecule has 4 atom stereocenters. The van der Waals surface area contributed by atoms with E-state index in [1.165, 1.54) is 16.0 Å². The third-order valence-corrected chi connectivity index (χ3v) is 5.98. The van der Waals surface area contributed by atoms with Crippen molar-refractivity contribution in [1.29, 1.82) is 0 Å². The standard InChI is InChI=1S/C19H17Cl2NO2/c1-3-9(2)15-13-4-5-14(15)17-16(13)18(23)22(19(17)24)12-7-10(20)6-11(21)8-12/h4-8,13-14,16-17H,3H2,1-2H3/t13-,14-,16+,17+/m1/s1. The van der Waals surface area contributed by atoms with Gasteiger partial charge in [0.1, 0.15) is 0 Å². The lowest BCUT2D eigenvalue weighted by molar-refractivity contribution is -0.122. The van der Waals surface area contributed by atoms with Crippen molar-refractivity contribution in [2.45, 2.75) is 20.3 Å². The Hall–Kier alpha value is -1.58. The molecule has 1 aromatic carbocycles. The SMILES string of the molecule is CCC(C)=C1[C@H]2C=C[C@H]1[C@@H]1C(=O)N(c3cc(Cl)cc(Cl)c3)C(=O)[C@H]12. The van der Waals surface area contributed by atoms with Gasteiger partial charge in [-0.05, 0) is 31.5 Å². The average molecular weight is 362 g/mol. The Kier molecular flexibility index (Phi) is 3.63. The number of anilines is 1. The van der Waals surface area contributed by atoms with Crippen LogP contribution in [0.5, 0.6) is 0 Å². The number of allylic oxidation sites excluding steroid dienone is 4. The summed E-state index contributed by atoms with van der Waals surface area (Å²) in [6, 6.07) is 4.83. The first-order chi connectivity index (χ1) is 11.4. The van der Waals surface area contributed by atoms with Gasteiger partial charge in [-0.2, -0.15) is 0 Å². The van der Waals surface area contributed by atoms with Crippen LogP contribution in [0.25, 0.3) is 0 Å². The van der Waals surface area contributed by atoms with Gasteiger partial charge in [0.05, 0.1) is 17.5 Å². The van der Waals surface area contributed by atoms with Crippen molar-refractivity contribution < 1.29 is 9.59 Å². The molecule has 5 heteroatoms. The maximum absolute atomic E-state index is 13.0. The van der Waals surface area contributed by atoms with Gasteiger partial charge in [-0.15, -0.1) is 0 Å². The van der Waals surface area contributed by atoms with E-state index in [0.29, 0.717) is 15.7 Å². The first kappa shape index (κ1) is 15.9. The van der Waals surface area contributed by atoms with E-state index >= 15 is 0 Å². The Morgan fingerprint density at radius 3 is 1.96 bits per heavy atom. The Labute approximate surface area is 150 Å². The lowest BCUT2D eigenvalue weighted by Gasteiger charge is -2.20. The highest BCUT2D eigenvalue weighted by Gasteiger charge is 2.62.